The van der Waals surface area contributed by atoms with Gasteiger partial charge in [-0.2, -0.15) is 0 Å². The number of esters is 2. The van der Waals surface area contributed by atoms with Crippen LogP contribution in [0.15, 0.2) is 18.2 Å². The summed E-state index contributed by atoms with van der Waals surface area (Å²) in [6.45, 7) is 4.12. The van der Waals surface area contributed by atoms with Gasteiger partial charge in [0.05, 0.1) is 31.3 Å². The predicted molar refractivity (Wildman–Crippen MR) is 92.7 cm³/mol. The first kappa shape index (κ1) is 19.4. The molecular weight excluding hydrogens is 340 g/mol. The van der Waals surface area contributed by atoms with Gasteiger partial charge in [0.15, 0.2) is 0 Å². The van der Waals surface area contributed by atoms with Crippen molar-refractivity contribution in [2.45, 2.75) is 26.3 Å². The molecule has 8 nitrogen and oxygen atoms in total. The lowest BCUT2D eigenvalue weighted by atomic mass is 10.1. The minimum absolute atomic E-state index is 0.0221. The maximum atomic E-state index is 12.5. The molecule has 0 spiro atoms. The fourth-order valence-corrected chi connectivity index (χ4v) is 2.82. The average Bonchev–Trinajstić information content (AvgIpc) is 3.02. The van der Waals surface area contributed by atoms with Crippen LogP contribution in [0, 0.1) is 5.92 Å². The molecule has 0 saturated carbocycles. The lowest BCUT2D eigenvalue weighted by Crippen LogP contribution is -2.33. The largest absolute Gasteiger partial charge is 0.465 e. The summed E-state index contributed by atoms with van der Waals surface area (Å²) in [6.07, 6.45) is 0.130. The van der Waals surface area contributed by atoms with Crippen LogP contribution in [0.25, 0.3) is 0 Å². The van der Waals surface area contributed by atoms with E-state index in [4.69, 9.17) is 0 Å². The zero-order chi connectivity index (χ0) is 19.4. The standard InChI is InChI=1S/C18H22N2O6/c1-10(2)20-9-13(8-15(20)21)16(22)19-14-6-11(17(23)25-3)5-12(7-14)18(24)26-4/h5-7,10,13H,8-9H2,1-4H3,(H,19,22)/t13-/m0/s1. The van der Waals surface area contributed by atoms with Crippen LogP contribution < -0.4 is 5.32 Å². The highest BCUT2D eigenvalue weighted by Crippen LogP contribution is 2.23. The summed E-state index contributed by atoms with van der Waals surface area (Å²) in [5.74, 6) is -2.20. The van der Waals surface area contributed by atoms with E-state index in [0.717, 1.165) is 0 Å². The quantitative estimate of drug-likeness (QED) is 0.796. The van der Waals surface area contributed by atoms with E-state index in [1.54, 1.807) is 4.90 Å². The smallest absolute Gasteiger partial charge is 0.337 e. The molecule has 1 aromatic carbocycles. The number of carbonyl (C=O) groups excluding carboxylic acids is 4. The number of rotatable bonds is 5. The van der Waals surface area contributed by atoms with Crippen LogP contribution in [-0.2, 0) is 19.1 Å². The minimum atomic E-state index is -0.645. The Hall–Kier alpha value is -2.90. The molecule has 1 aromatic rings. The van der Waals surface area contributed by atoms with Crippen molar-refractivity contribution in [3.63, 3.8) is 0 Å². The number of nitrogens with zero attached hydrogens (tertiary/aromatic N) is 1. The van der Waals surface area contributed by atoms with Crippen molar-refractivity contribution in [1.82, 2.24) is 4.90 Å². The summed E-state index contributed by atoms with van der Waals surface area (Å²) >= 11 is 0. The van der Waals surface area contributed by atoms with Gasteiger partial charge in [-0.25, -0.2) is 9.59 Å². The van der Waals surface area contributed by atoms with Gasteiger partial charge in [0.25, 0.3) is 0 Å². The van der Waals surface area contributed by atoms with Crippen LogP contribution >= 0.6 is 0 Å². The third-order valence-electron chi connectivity index (χ3n) is 4.20. The van der Waals surface area contributed by atoms with Crippen molar-refractivity contribution < 1.29 is 28.7 Å². The van der Waals surface area contributed by atoms with Gasteiger partial charge in [-0.15, -0.1) is 0 Å². The molecule has 0 aromatic heterocycles. The normalized spacial score (nSPS) is 16.6. The van der Waals surface area contributed by atoms with Gasteiger partial charge in [-0.1, -0.05) is 0 Å². The summed E-state index contributed by atoms with van der Waals surface area (Å²) in [5.41, 5.74) is 0.475. The zero-order valence-corrected chi connectivity index (χ0v) is 15.2. The molecule has 0 unspecified atom stereocenters. The van der Waals surface area contributed by atoms with Gasteiger partial charge in [0.2, 0.25) is 11.8 Å². The summed E-state index contributed by atoms with van der Waals surface area (Å²) in [7, 11) is 2.44. The van der Waals surface area contributed by atoms with Crippen LogP contribution in [0.4, 0.5) is 5.69 Å². The fraction of sp³-hybridized carbons (Fsp3) is 0.444. The molecule has 1 fully saturated rings. The molecule has 2 amide bonds. The topological polar surface area (TPSA) is 102 Å². The number of hydrogen-bond donors (Lipinski definition) is 1. The van der Waals surface area contributed by atoms with Crippen LogP contribution in [0.1, 0.15) is 41.0 Å². The number of nitrogens with one attached hydrogen (secondary N) is 1. The molecule has 0 bridgehead atoms. The predicted octanol–water partition coefficient (Wildman–Crippen LogP) is 1.46. The van der Waals surface area contributed by atoms with E-state index in [9.17, 15) is 19.2 Å². The molecule has 26 heavy (non-hydrogen) atoms. The van der Waals surface area contributed by atoms with Crippen molar-refractivity contribution in [2.75, 3.05) is 26.1 Å². The molecule has 1 atom stereocenters. The first-order chi connectivity index (χ1) is 12.3. The summed E-state index contributed by atoms with van der Waals surface area (Å²) in [4.78, 5) is 49.7. The Morgan fingerprint density at radius 1 is 1.08 bits per heavy atom. The van der Waals surface area contributed by atoms with Crippen molar-refractivity contribution in [3.05, 3.63) is 29.3 Å². The summed E-state index contributed by atoms with van der Waals surface area (Å²) < 4.78 is 9.33. The molecule has 1 aliphatic heterocycles. The van der Waals surface area contributed by atoms with Crippen LogP contribution in [0.3, 0.4) is 0 Å². The van der Waals surface area contributed by atoms with Gasteiger partial charge in [-0.3, -0.25) is 9.59 Å². The number of ether oxygens (including phenoxy) is 2. The van der Waals surface area contributed by atoms with E-state index in [2.05, 4.69) is 14.8 Å². The number of anilines is 1. The number of amides is 2. The Morgan fingerprint density at radius 3 is 2.04 bits per heavy atom. The van der Waals surface area contributed by atoms with E-state index in [-0.39, 0.29) is 41.1 Å². The van der Waals surface area contributed by atoms with Gasteiger partial charge < -0.3 is 19.7 Å². The Balaban J connectivity index is 2.22. The highest BCUT2D eigenvalue weighted by molar-refractivity contribution is 6.01. The molecule has 140 valence electrons. The summed E-state index contributed by atoms with van der Waals surface area (Å²) in [5, 5.41) is 2.67. The zero-order valence-electron chi connectivity index (χ0n) is 15.2. The third kappa shape index (κ3) is 4.19. The SMILES string of the molecule is COC(=O)c1cc(NC(=O)[C@H]2CC(=O)N(C(C)C)C2)cc(C(=O)OC)c1. The number of benzene rings is 1. The molecule has 2 rings (SSSR count). The van der Waals surface area contributed by atoms with Crippen molar-refractivity contribution in [2.24, 2.45) is 5.92 Å². The highest BCUT2D eigenvalue weighted by Gasteiger charge is 2.35. The molecule has 8 heteroatoms. The maximum absolute atomic E-state index is 12.5. The van der Waals surface area contributed by atoms with Crippen molar-refractivity contribution in [3.8, 4) is 0 Å². The van der Waals surface area contributed by atoms with Crippen LogP contribution in [-0.4, -0.2) is 55.5 Å². The third-order valence-corrected chi connectivity index (χ3v) is 4.20. The van der Waals surface area contributed by atoms with Gasteiger partial charge in [-0.05, 0) is 32.0 Å². The number of hydrogen-bond acceptors (Lipinski definition) is 6. The van der Waals surface area contributed by atoms with Crippen molar-refractivity contribution in [1.29, 1.82) is 0 Å². The monoisotopic (exact) mass is 362 g/mol. The highest BCUT2D eigenvalue weighted by atomic mass is 16.5. The number of carbonyl (C=O) groups is 4. The lowest BCUT2D eigenvalue weighted by molar-refractivity contribution is -0.129. The first-order valence-electron chi connectivity index (χ1n) is 8.18. The number of likely N-dealkylation sites (tertiary alicyclic amines) is 1. The van der Waals surface area contributed by atoms with Gasteiger partial charge in [0.1, 0.15) is 0 Å². The Labute approximate surface area is 151 Å². The number of methoxy groups -OCH3 is 2. The molecule has 1 N–H and O–H groups in total. The first-order valence-corrected chi connectivity index (χ1v) is 8.18. The van der Waals surface area contributed by atoms with Crippen LogP contribution in [0.2, 0.25) is 0 Å². The molecule has 0 aliphatic carbocycles. The van der Waals surface area contributed by atoms with Crippen molar-refractivity contribution >= 4 is 29.4 Å². The minimum Gasteiger partial charge on any atom is -0.465 e. The van der Waals surface area contributed by atoms with Gasteiger partial charge >= 0.3 is 11.9 Å². The average molecular weight is 362 g/mol. The maximum Gasteiger partial charge on any atom is 0.337 e. The molecule has 0 radical (unpaired) electrons. The van der Waals surface area contributed by atoms with E-state index >= 15 is 0 Å². The second-order valence-electron chi connectivity index (χ2n) is 6.31. The Morgan fingerprint density at radius 2 is 1.62 bits per heavy atom. The van der Waals surface area contributed by atoms with E-state index in [1.165, 1.54) is 32.4 Å². The van der Waals surface area contributed by atoms with E-state index in [0.29, 0.717) is 6.54 Å². The second-order valence-corrected chi connectivity index (χ2v) is 6.31. The fourth-order valence-electron chi connectivity index (χ4n) is 2.82. The molecular formula is C18H22N2O6. The Bertz CT molecular complexity index is 709. The second kappa shape index (κ2) is 7.99. The van der Waals surface area contributed by atoms with Crippen LogP contribution in [0.5, 0.6) is 0 Å². The van der Waals surface area contributed by atoms with E-state index in [1.807, 2.05) is 13.8 Å². The molecule has 1 heterocycles. The lowest BCUT2D eigenvalue weighted by Gasteiger charge is -2.20. The van der Waals surface area contributed by atoms with E-state index < -0.39 is 17.9 Å². The Kier molecular flexibility index (Phi) is 5.97. The summed E-state index contributed by atoms with van der Waals surface area (Å²) in [6, 6.07) is 4.17. The molecule has 1 saturated heterocycles. The van der Waals surface area contributed by atoms with Gasteiger partial charge in [0, 0.05) is 24.7 Å². The molecule has 1 aliphatic rings.